The molecule has 0 unspecified atom stereocenters. The highest BCUT2D eigenvalue weighted by atomic mass is 32.1. The van der Waals surface area contributed by atoms with Crippen LogP contribution >= 0.6 is 11.5 Å². The molecule has 2 heterocycles. The van der Waals surface area contributed by atoms with Crippen molar-refractivity contribution in [2.45, 2.75) is 38.5 Å². The topological polar surface area (TPSA) is 41.0 Å². The summed E-state index contributed by atoms with van der Waals surface area (Å²) in [6, 6.07) is 0. The molecule has 1 aliphatic heterocycles. The van der Waals surface area contributed by atoms with Gasteiger partial charge in [-0.1, -0.05) is 6.92 Å². The first-order chi connectivity index (χ1) is 8.86. The zero-order valence-corrected chi connectivity index (χ0v) is 11.9. The lowest BCUT2D eigenvalue weighted by Crippen LogP contribution is -2.37. The fraction of sp³-hybridized carbons (Fsp3) is 0.846. The van der Waals surface area contributed by atoms with E-state index in [1.165, 1.54) is 32.2 Å². The molecule has 1 saturated heterocycles. The molecule has 4 nitrogen and oxygen atoms in total. The molecular formula is C13H22N4S. The van der Waals surface area contributed by atoms with Crippen LogP contribution in [0.15, 0.2) is 0 Å². The molecule has 0 atom stereocenters. The van der Waals surface area contributed by atoms with Crippen LogP contribution in [0.3, 0.4) is 0 Å². The number of hydrogen-bond donors (Lipinski definition) is 1. The third-order valence-corrected chi connectivity index (χ3v) is 4.73. The van der Waals surface area contributed by atoms with E-state index >= 15 is 0 Å². The van der Waals surface area contributed by atoms with Gasteiger partial charge >= 0.3 is 0 Å². The van der Waals surface area contributed by atoms with Gasteiger partial charge in [0.25, 0.3) is 0 Å². The van der Waals surface area contributed by atoms with Crippen LogP contribution in [0.1, 0.15) is 44.3 Å². The van der Waals surface area contributed by atoms with Crippen molar-refractivity contribution in [1.82, 2.24) is 14.7 Å². The van der Waals surface area contributed by atoms with E-state index in [1.807, 2.05) is 0 Å². The second-order valence-electron chi connectivity index (χ2n) is 5.45. The summed E-state index contributed by atoms with van der Waals surface area (Å²) < 4.78 is 4.50. The van der Waals surface area contributed by atoms with E-state index in [9.17, 15) is 0 Å². The van der Waals surface area contributed by atoms with Crippen molar-refractivity contribution < 1.29 is 0 Å². The molecule has 0 radical (unpaired) electrons. The molecule has 1 aromatic rings. The second-order valence-corrected chi connectivity index (χ2v) is 6.18. The highest BCUT2D eigenvalue weighted by molar-refractivity contribution is 7.09. The quantitative estimate of drug-likeness (QED) is 0.887. The Labute approximate surface area is 113 Å². The first kappa shape index (κ1) is 12.4. The number of aromatic nitrogens is 2. The minimum absolute atomic E-state index is 0.682. The van der Waals surface area contributed by atoms with E-state index in [-0.39, 0.29) is 0 Å². The minimum Gasteiger partial charge on any atom is -0.347 e. The van der Waals surface area contributed by atoms with Crippen LogP contribution in [0.25, 0.3) is 0 Å². The Morgan fingerprint density at radius 3 is 2.72 bits per heavy atom. The summed E-state index contributed by atoms with van der Waals surface area (Å²) in [5, 5.41) is 4.61. The van der Waals surface area contributed by atoms with Crippen LogP contribution in [0.5, 0.6) is 0 Å². The van der Waals surface area contributed by atoms with Gasteiger partial charge in [0.1, 0.15) is 5.82 Å². The van der Waals surface area contributed by atoms with Crippen molar-refractivity contribution in [3.05, 3.63) is 5.82 Å². The van der Waals surface area contributed by atoms with Gasteiger partial charge in [0, 0.05) is 30.5 Å². The maximum Gasteiger partial charge on any atom is 0.205 e. The van der Waals surface area contributed by atoms with Crippen molar-refractivity contribution in [3.8, 4) is 0 Å². The molecular weight excluding hydrogens is 244 g/mol. The van der Waals surface area contributed by atoms with Crippen molar-refractivity contribution in [2.24, 2.45) is 5.92 Å². The fourth-order valence-corrected chi connectivity index (χ4v) is 3.34. The molecule has 2 aliphatic rings. The van der Waals surface area contributed by atoms with Crippen molar-refractivity contribution in [1.29, 1.82) is 0 Å². The minimum atomic E-state index is 0.682. The van der Waals surface area contributed by atoms with Crippen LogP contribution < -0.4 is 10.2 Å². The van der Waals surface area contributed by atoms with Gasteiger partial charge in [-0.3, -0.25) is 0 Å². The van der Waals surface area contributed by atoms with E-state index in [2.05, 4.69) is 21.5 Å². The Balaban J connectivity index is 1.51. The zero-order valence-electron chi connectivity index (χ0n) is 11.1. The highest BCUT2D eigenvalue weighted by Gasteiger charge is 2.29. The summed E-state index contributed by atoms with van der Waals surface area (Å²) in [5.41, 5.74) is 0. The van der Waals surface area contributed by atoms with E-state index in [0.29, 0.717) is 5.92 Å². The van der Waals surface area contributed by atoms with Gasteiger partial charge in [0.05, 0.1) is 0 Å². The van der Waals surface area contributed by atoms with Gasteiger partial charge < -0.3 is 10.2 Å². The summed E-state index contributed by atoms with van der Waals surface area (Å²) in [6.45, 7) is 6.73. The molecule has 18 heavy (non-hydrogen) atoms. The molecule has 100 valence electrons. The largest absolute Gasteiger partial charge is 0.347 e. The Morgan fingerprint density at radius 1 is 1.28 bits per heavy atom. The molecule has 0 aromatic carbocycles. The van der Waals surface area contributed by atoms with Gasteiger partial charge in [0.2, 0.25) is 5.13 Å². The Morgan fingerprint density at radius 2 is 2.06 bits per heavy atom. The number of nitrogens with one attached hydrogen (secondary N) is 1. The molecule has 2 fully saturated rings. The second kappa shape index (κ2) is 5.53. The van der Waals surface area contributed by atoms with Gasteiger partial charge in [-0.2, -0.15) is 4.37 Å². The number of nitrogens with zero attached hydrogens (tertiary/aromatic N) is 3. The maximum absolute atomic E-state index is 4.70. The number of piperidine rings is 1. The van der Waals surface area contributed by atoms with Gasteiger partial charge in [-0.05, 0) is 44.7 Å². The van der Waals surface area contributed by atoms with Crippen LogP contribution in [0.4, 0.5) is 5.13 Å². The summed E-state index contributed by atoms with van der Waals surface area (Å²) in [4.78, 5) is 7.12. The molecule has 1 aliphatic carbocycles. The third-order valence-electron chi connectivity index (χ3n) is 3.94. The Kier molecular flexibility index (Phi) is 3.80. The van der Waals surface area contributed by atoms with Crippen LogP contribution in [-0.4, -0.2) is 35.5 Å². The predicted molar refractivity (Wildman–Crippen MR) is 75.4 cm³/mol. The molecule has 1 N–H and O–H groups in total. The van der Waals surface area contributed by atoms with Gasteiger partial charge in [-0.15, -0.1) is 0 Å². The van der Waals surface area contributed by atoms with Gasteiger partial charge in [-0.25, -0.2) is 4.98 Å². The smallest absolute Gasteiger partial charge is 0.205 e. The summed E-state index contributed by atoms with van der Waals surface area (Å²) >= 11 is 1.59. The number of rotatable bonds is 5. The Hall–Kier alpha value is -0.680. The van der Waals surface area contributed by atoms with Crippen LogP contribution in [0.2, 0.25) is 0 Å². The SMILES string of the molecule is CCNCC1CCN(c2nc(C3CC3)ns2)CC1. The molecule has 1 aromatic heterocycles. The molecule has 1 saturated carbocycles. The van der Waals surface area contributed by atoms with Crippen LogP contribution in [-0.2, 0) is 0 Å². The van der Waals surface area contributed by atoms with E-state index in [0.717, 1.165) is 36.5 Å². The number of anilines is 1. The van der Waals surface area contributed by atoms with Gasteiger partial charge in [0.15, 0.2) is 0 Å². The maximum atomic E-state index is 4.70. The van der Waals surface area contributed by atoms with E-state index in [4.69, 9.17) is 4.98 Å². The lowest BCUT2D eigenvalue weighted by Gasteiger charge is -2.31. The average molecular weight is 266 g/mol. The monoisotopic (exact) mass is 266 g/mol. The highest BCUT2D eigenvalue weighted by Crippen LogP contribution is 2.40. The van der Waals surface area contributed by atoms with Crippen LogP contribution in [0, 0.1) is 5.92 Å². The fourth-order valence-electron chi connectivity index (χ4n) is 2.54. The predicted octanol–water partition coefficient (Wildman–Crippen LogP) is 2.24. The normalized spacial score (nSPS) is 21.5. The van der Waals surface area contributed by atoms with Crippen molar-refractivity contribution >= 4 is 16.7 Å². The van der Waals surface area contributed by atoms with E-state index < -0.39 is 0 Å². The van der Waals surface area contributed by atoms with E-state index in [1.54, 1.807) is 11.5 Å². The average Bonchev–Trinajstić information content (AvgIpc) is 3.15. The first-order valence-corrected chi connectivity index (χ1v) is 7.93. The molecule has 3 rings (SSSR count). The Bertz CT molecular complexity index is 380. The molecule has 5 heteroatoms. The summed E-state index contributed by atoms with van der Waals surface area (Å²) in [6.07, 6.45) is 5.15. The lowest BCUT2D eigenvalue weighted by atomic mass is 9.97. The number of hydrogen-bond acceptors (Lipinski definition) is 5. The molecule has 0 spiro atoms. The first-order valence-electron chi connectivity index (χ1n) is 7.16. The third kappa shape index (κ3) is 2.83. The van der Waals surface area contributed by atoms with Crippen molar-refractivity contribution in [2.75, 3.05) is 31.1 Å². The standard InChI is InChI=1S/C13H22N4S/c1-2-14-9-10-5-7-17(8-6-10)13-15-12(16-18-13)11-3-4-11/h10-11,14H,2-9H2,1H3. The molecule has 0 bridgehead atoms. The lowest BCUT2D eigenvalue weighted by molar-refractivity contribution is 0.386. The molecule has 0 amide bonds. The van der Waals surface area contributed by atoms with Crippen molar-refractivity contribution in [3.63, 3.8) is 0 Å². The summed E-state index contributed by atoms with van der Waals surface area (Å²) in [7, 11) is 0. The summed E-state index contributed by atoms with van der Waals surface area (Å²) in [5.74, 6) is 2.63. The zero-order chi connectivity index (χ0) is 12.4.